The SMILES string of the molecule is S=C(Nc1cccc(Cl)c1)Nc1ccc(Br)cn1. The van der Waals surface area contributed by atoms with Crippen molar-refractivity contribution in [3.05, 3.63) is 52.1 Å². The number of halogens is 2. The predicted octanol–water partition coefficient (Wildman–Crippen LogP) is 4.31. The molecule has 92 valence electrons. The van der Waals surface area contributed by atoms with E-state index in [0.717, 1.165) is 10.2 Å². The van der Waals surface area contributed by atoms with Gasteiger partial charge in [0.05, 0.1) is 0 Å². The summed E-state index contributed by atoms with van der Waals surface area (Å²) in [5.74, 6) is 0.678. The van der Waals surface area contributed by atoms with Crippen molar-refractivity contribution in [1.82, 2.24) is 4.98 Å². The largest absolute Gasteiger partial charge is 0.332 e. The normalized spacial score (nSPS) is 9.89. The van der Waals surface area contributed by atoms with Gasteiger partial charge in [-0.05, 0) is 58.5 Å². The van der Waals surface area contributed by atoms with Crippen molar-refractivity contribution in [2.24, 2.45) is 0 Å². The lowest BCUT2D eigenvalue weighted by Gasteiger charge is -2.09. The van der Waals surface area contributed by atoms with Crippen LogP contribution in [0.4, 0.5) is 11.5 Å². The molecule has 0 radical (unpaired) electrons. The molecule has 1 heterocycles. The summed E-state index contributed by atoms with van der Waals surface area (Å²) in [4.78, 5) is 4.17. The Bertz CT molecular complexity index is 560. The molecule has 0 amide bonds. The van der Waals surface area contributed by atoms with Gasteiger partial charge in [0.2, 0.25) is 0 Å². The van der Waals surface area contributed by atoms with Crippen LogP contribution in [0.2, 0.25) is 5.02 Å². The summed E-state index contributed by atoms with van der Waals surface area (Å²) in [6.07, 6.45) is 1.70. The summed E-state index contributed by atoms with van der Waals surface area (Å²) < 4.78 is 0.918. The minimum atomic E-state index is 0.465. The molecule has 6 heteroatoms. The van der Waals surface area contributed by atoms with E-state index in [9.17, 15) is 0 Å². The van der Waals surface area contributed by atoms with Crippen LogP contribution >= 0.6 is 39.7 Å². The van der Waals surface area contributed by atoms with Crippen molar-refractivity contribution in [3.8, 4) is 0 Å². The third-order valence-corrected chi connectivity index (χ3v) is 2.96. The molecule has 0 aliphatic heterocycles. The van der Waals surface area contributed by atoms with Crippen LogP contribution in [-0.4, -0.2) is 10.1 Å². The zero-order chi connectivity index (χ0) is 13.0. The third kappa shape index (κ3) is 3.94. The quantitative estimate of drug-likeness (QED) is 0.798. The minimum absolute atomic E-state index is 0.465. The smallest absolute Gasteiger partial charge is 0.176 e. The van der Waals surface area contributed by atoms with Gasteiger partial charge < -0.3 is 10.6 Å². The number of nitrogens with zero attached hydrogens (tertiary/aromatic N) is 1. The summed E-state index contributed by atoms with van der Waals surface area (Å²) in [6, 6.07) is 11.1. The van der Waals surface area contributed by atoms with Crippen LogP contribution in [0.15, 0.2) is 47.1 Å². The molecule has 0 spiro atoms. The van der Waals surface area contributed by atoms with Gasteiger partial charge in [0, 0.05) is 21.4 Å². The van der Waals surface area contributed by atoms with Gasteiger partial charge in [-0.1, -0.05) is 17.7 Å². The standard InChI is InChI=1S/C12H9BrClN3S/c13-8-4-5-11(15-7-8)17-12(18)16-10-3-1-2-9(14)6-10/h1-7H,(H2,15,16,17,18). The van der Waals surface area contributed by atoms with Crippen molar-refractivity contribution >= 4 is 56.4 Å². The van der Waals surface area contributed by atoms with E-state index >= 15 is 0 Å². The van der Waals surface area contributed by atoms with E-state index in [1.54, 1.807) is 18.3 Å². The van der Waals surface area contributed by atoms with Gasteiger partial charge in [0.25, 0.3) is 0 Å². The fourth-order valence-electron chi connectivity index (χ4n) is 1.29. The maximum atomic E-state index is 5.88. The Balaban J connectivity index is 1.98. The van der Waals surface area contributed by atoms with Crippen molar-refractivity contribution in [1.29, 1.82) is 0 Å². The molecule has 0 saturated heterocycles. The zero-order valence-corrected chi connectivity index (χ0v) is 12.3. The van der Waals surface area contributed by atoms with E-state index in [1.165, 1.54) is 0 Å². The fraction of sp³-hybridized carbons (Fsp3) is 0. The Morgan fingerprint density at radius 3 is 2.72 bits per heavy atom. The van der Waals surface area contributed by atoms with Gasteiger partial charge in [-0.25, -0.2) is 4.98 Å². The number of hydrogen-bond acceptors (Lipinski definition) is 2. The first-order chi connectivity index (χ1) is 8.63. The van der Waals surface area contributed by atoms with Gasteiger partial charge in [-0.15, -0.1) is 0 Å². The molecule has 18 heavy (non-hydrogen) atoms. The molecular weight excluding hydrogens is 334 g/mol. The summed E-state index contributed by atoms with van der Waals surface area (Å²) in [7, 11) is 0. The van der Waals surface area contributed by atoms with Crippen LogP contribution in [0.5, 0.6) is 0 Å². The monoisotopic (exact) mass is 341 g/mol. The molecule has 0 bridgehead atoms. The fourth-order valence-corrected chi connectivity index (χ4v) is 1.94. The third-order valence-electron chi connectivity index (χ3n) is 2.05. The number of hydrogen-bond donors (Lipinski definition) is 2. The maximum absolute atomic E-state index is 5.88. The van der Waals surface area contributed by atoms with E-state index in [0.29, 0.717) is 16.0 Å². The topological polar surface area (TPSA) is 37.0 Å². The number of pyridine rings is 1. The molecule has 0 aliphatic rings. The summed E-state index contributed by atoms with van der Waals surface area (Å²) in [5.41, 5.74) is 0.831. The van der Waals surface area contributed by atoms with Gasteiger partial charge >= 0.3 is 0 Å². The molecule has 0 fully saturated rings. The highest BCUT2D eigenvalue weighted by molar-refractivity contribution is 9.10. The molecule has 3 nitrogen and oxygen atoms in total. The number of rotatable bonds is 2. The Labute approximate surface area is 124 Å². The molecule has 2 rings (SSSR count). The van der Waals surface area contributed by atoms with Gasteiger partial charge in [0.1, 0.15) is 5.82 Å². The second-order valence-corrected chi connectivity index (χ2v) is 5.21. The van der Waals surface area contributed by atoms with E-state index in [2.05, 4.69) is 31.5 Å². The van der Waals surface area contributed by atoms with Crippen LogP contribution < -0.4 is 10.6 Å². The molecular formula is C12H9BrClN3S. The van der Waals surface area contributed by atoms with Crippen LogP contribution in [0.25, 0.3) is 0 Å². The maximum Gasteiger partial charge on any atom is 0.176 e. The summed E-state index contributed by atoms with van der Waals surface area (Å²) in [6.45, 7) is 0. The molecule has 0 saturated carbocycles. The highest BCUT2D eigenvalue weighted by atomic mass is 79.9. The Kier molecular flexibility index (Phi) is 4.52. The molecule has 0 aliphatic carbocycles. The van der Waals surface area contributed by atoms with Crippen LogP contribution in [-0.2, 0) is 0 Å². The van der Waals surface area contributed by atoms with Crippen LogP contribution in [0, 0.1) is 0 Å². The first-order valence-corrected chi connectivity index (χ1v) is 6.66. The number of aromatic nitrogens is 1. The zero-order valence-electron chi connectivity index (χ0n) is 9.15. The predicted molar refractivity (Wildman–Crippen MR) is 83.2 cm³/mol. The summed E-state index contributed by atoms with van der Waals surface area (Å²) in [5, 5.41) is 7.13. The van der Waals surface area contributed by atoms with Crippen molar-refractivity contribution in [2.45, 2.75) is 0 Å². The Morgan fingerprint density at radius 1 is 1.22 bits per heavy atom. The lowest BCUT2D eigenvalue weighted by molar-refractivity contribution is 1.31. The molecule has 2 aromatic rings. The average molecular weight is 343 g/mol. The van der Waals surface area contributed by atoms with Crippen LogP contribution in [0.3, 0.4) is 0 Å². The van der Waals surface area contributed by atoms with Gasteiger partial charge in [-0.3, -0.25) is 0 Å². The van der Waals surface area contributed by atoms with Crippen molar-refractivity contribution in [2.75, 3.05) is 10.6 Å². The molecule has 0 atom stereocenters. The van der Waals surface area contributed by atoms with E-state index in [-0.39, 0.29) is 0 Å². The molecule has 0 unspecified atom stereocenters. The highest BCUT2D eigenvalue weighted by Gasteiger charge is 2.00. The second kappa shape index (κ2) is 6.13. The van der Waals surface area contributed by atoms with E-state index in [4.69, 9.17) is 23.8 Å². The van der Waals surface area contributed by atoms with Gasteiger partial charge in [0.15, 0.2) is 5.11 Å². The molecule has 1 aromatic heterocycles. The van der Waals surface area contributed by atoms with E-state index < -0.39 is 0 Å². The Morgan fingerprint density at radius 2 is 2.06 bits per heavy atom. The van der Waals surface area contributed by atoms with Crippen molar-refractivity contribution in [3.63, 3.8) is 0 Å². The van der Waals surface area contributed by atoms with Crippen molar-refractivity contribution < 1.29 is 0 Å². The highest BCUT2D eigenvalue weighted by Crippen LogP contribution is 2.15. The number of thiocarbonyl (C=S) groups is 1. The second-order valence-electron chi connectivity index (χ2n) is 3.45. The average Bonchev–Trinajstić information content (AvgIpc) is 2.32. The van der Waals surface area contributed by atoms with Crippen LogP contribution in [0.1, 0.15) is 0 Å². The molecule has 2 N–H and O–H groups in total. The lowest BCUT2D eigenvalue weighted by Crippen LogP contribution is -2.19. The minimum Gasteiger partial charge on any atom is -0.332 e. The number of anilines is 2. The Hall–Kier alpha value is -1.17. The number of nitrogens with one attached hydrogen (secondary N) is 2. The van der Waals surface area contributed by atoms with Gasteiger partial charge in [-0.2, -0.15) is 0 Å². The molecule has 1 aromatic carbocycles. The lowest BCUT2D eigenvalue weighted by atomic mass is 10.3. The number of benzene rings is 1. The summed E-state index contributed by atoms with van der Waals surface area (Å²) >= 11 is 14.4. The first kappa shape index (κ1) is 13.3. The first-order valence-electron chi connectivity index (χ1n) is 5.08. The van der Waals surface area contributed by atoms with E-state index in [1.807, 2.05) is 24.3 Å².